The zero-order valence-electron chi connectivity index (χ0n) is 14.1. The highest BCUT2D eigenvalue weighted by Gasteiger charge is 2.25. The van der Waals surface area contributed by atoms with Crippen LogP contribution < -0.4 is 5.32 Å². The molecule has 0 aliphatic carbocycles. The van der Waals surface area contributed by atoms with E-state index in [-0.39, 0.29) is 0 Å². The van der Waals surface area contributed by atoms with Gasteiger partial charge in [-0.2, -0.15) is 0 Å². The maximum absolute atomic E-state index is 4.64. The van der Waals surface area contributed by atoms with Gasteiger partial charge in [0.25, 0.3) is 0 Å². The minimum absolute atomic E-state index is 0.369. The van der Waals surface area contributed by atoms with Crippen molar-refractivity contribution in [1.82, 2.24) is 29.8 Å². The topological polar surface area (TPSA) is 82.6 Å². The predicted molar refractivity (Wildman–Crippen MR) is 98.0 cm³/mol. The van der Waals surface area contributed by atoms with E-state index in [1.807, 2.05) is 18.5 Å². The second-order valence-corrected chi connectivity index (χ2v) is 7.22. The minimum Gasteiger partial charge on any atom is -0.347 e. The molecule has 0 aromatic carbocycles. The van der Waals surface area contributed by atoms with Crippen molar-refractivity contribution < 1.29 is 0 Å². The zero-order chi connectivity index (χ0) is 17.1. The van der Waals surface area contributed by atoms with Crippen LogP contribution in [0.5, 0.6) is 0 Å². The van der Waals surface area contributed by atoms with Crippen molar-refractivity contribution >= 4 is 22.3 Å². The molecule has 0 radical (unpaired) electrons. The number of aromatic nitrogens is 5. The van der Waals surface area contributed by atoms with Gasteiger partial charge in [-0.25, -0.2) is 15.0 Å². The number of anilines is 2. The van der Waals surface area contributed by atoms with Crippen molar-refractivity contribution in [3.63, 3.8) is 0 Å². The summed E-state index contributed by atoms with van der Waals surface area (Å²) in [5.74, 6) is 1.19. The highest BCUT2D eigenvalue weighted by molar-refractivity contribution is 7.13. The van der Waals surface area contributed by atoms with Gasteiger partial charge in [0.1, 0.15) is 0 Å². The summed E-state index contributed by atoms with van der Waals surface area (Å²) in [7, 11) is 0. The number of hydrogen-bond acceptors (Lipinski definition) is 7. The maximum atomic E-state index is 4.64. The standard InChI is InChI=1S/C17H21N7S/c1-12-10-25-17(22-12)23-16-15(19-4-5-20-16)13-3-2-6-24(8-13)9-14-7-18-11-21-14/h4-5,7,10-11,13H,2-3,6,8-9H2,1H3,(H,18,21)(H,20,22,23). The molecule has 3 aromatic heterocycles. The van der Waals surface area contributed by atoms with Crippen LogP contribution in [0, 0.1) is 6.92 Å². The predicted octanol–water partition coefficient (Wildman–Crippen LogP) is 3.09. The Morgan fingerprint density at radius 1 is 1.36 bits per heavy atom. The second-order valence-electron chi connectivity index (χ2n) is 6.36. The van der Waals surface area contributed by atoms with E-state index in [1.54, 1.807) is 30.1 Å². The summed E-state index contributed by atoms with van der Waals surface area (Å²) in [4.78, 5) is 23.4. The number of piperidine rings is 1. The van der Waals surface area contributed by atoms with Gasteiger partial charge in [0, 0.05) is 48.7 Å². The van der Waals surface area contributed by atoms with Crippen LogP contribution in [0.25, 0.3) is 0 Å². The number of rotatable bonds is 5. The van der Waals surface area contributed by atoms with Crippen molar-refractivity contribution in [2.24, 2.45) is 0 Å². The third-order valence-corrected chi connectivity index (χ3v) is 5.29. The van der Waals surface area contributed by atoms with E-state index in [4.69, 9.17) is 0 Å². The van der Waals surface area contributed by atoms with E-state index in [0.29, 0.717) is 5.92 Å². The molecule has 130 valence electrons. The van der Waals surface area contributed by atoms with Gasteiger partial charge >= 0.3 is 0 Å². The number of imidazole rings is 1. The van der Waals surface area contributed by atoms with Crippen LogP contribution in [0.2, 0.25) is 0 Å². The fourth-order valence-corrected chi connectivity index (χ4v) is 3.98. The molecule has 1 aliphatic rings. The monoisotopic (exact) mass is 355 g/mol. The minimum atomic E-state index is 0.369. The molecule has 0 bridgehead atoms. The summed E-state index contributed by atoms with van der Waals surface area (Å²) < 4.78 is 0. The molecule has 25 heavy (non-hydrogen) atoms. The van der Waals surface area contributed by atoms with Gasteiger partial charge in [-0.05, 0) is 26.3 Å². The van der Waals surface area contributed by atoms with Crippen LogP contribution >= 0.6 is 11.3 Å². The van der Waals surface area contributed by atoms with E-state index in [9.17, 15) is 0 Å². The smallest absolute Gasteiger partial charge is 0.188 e. The molecule has 1 aliphatic heterocycles. The Morgan fingerprint density at radius 3 is 3.08 bits per heavy atom. The van der Waals surface area contributed by atoms with Gasteiger partial charge in [0.05, 0.1) is 17.7 Å². The molecule has 4 heterocycles. The molecule has 0 amide bonds. The average molecular weight is 355 g/mol. The third kappa shape index (κ3) is 3.85. The second kappa shape index (κ2) is 7.28. The van der Waals surface area contributed by atoms with Gasteiger partial charge in [-0.3, -0.25) is 9.88 Å². The summed E-state index contributed by atoms with van der Waals surface area (Å²) in [5, 5.41) is 6.25. The maximum Gasteiger partial charge on any atom is 0.188 e. The van der Waals surface area contributed by atoms with Gasteiger partial charge in [0.2, 0.25) is 0 Å². The van der Waals surface area contributed by atoms with E-state index >= 15 is 0 Å². The van der Waals surface area contributed by atoms with E-state index in [2.05, 4.69) is 35.1 Å². The van der Waals surface area contributed by atoms with Gasteiger partial charge in [-0.15, -0.1) is 11.3 Å². The fraction of sp³-hybridized carbons (Fsp3) is 0.412. The number of thiazole rings is 1. The molecular weight excluding hydrogens is 334 g/mol. The lowest BCUT2D eigenvalue weighted by Gasteiger charge is -2.32. The van der Waals surface area contributed by atoms with E-state index < -0.39 is 0 Å². The summed E-state index contributed by atoms with van der Waals surface area (Å²) in [6.07, 6.45) is 9.43. The van der Waals surface area contributed by atoms with Crippen LogP contribution in [0.15, 0.2) is 30.3 Å². The lowest BCUT2D eigenvalue weighted by molar-refractivity contribution is 0.197. The number of aryl methyl sites for hydroxylation is 1. The van der Waals surface area contributed by atoms with Crippen molar-refractivity contribution in [3.8, 4) is 0 Å². The summed E-state index contributed by atoms with van der Waals surface area (Å²) in [6.45, 7) is 4.96. The highest BCUT2D eigenvalue weighted by atomic mass is 32.1. The van der Waals surface area contributed by atoms with Crippen LogP contribution in [-0.4, -0.2) is 42.9 Å². The number of nitrogens with zero attached hydrogens (tertiary/aromatic N) is 5. The van der Waals surface area contributed by atoms with Crippen LogP contribution in [0.4, 0.5) is 10.9 Å². The largest absolute Gasteiger partial charge is 0.347 e. The summed E-state index contributed by atoms with van der Waals surface area (Å²) in [5.41, 5.74) is 3.20. The lowest BCUT2D eigenvalue weighted by atomic mass is 9.94. The molecule has 0 spiro atoms. The van der Waals surface area contributed by atoms with Crippen molar-refractivity contribution in [1.29, 1.82) is 0 Å². The number of likely N-dealkylation sites (tertiary alicyclic amines) is 1. The third-order valence-electron chi connectivity index (χ3n) is 4.41. The first-order valence-corrected chi connectivity index (χ1v) is 9.35. The van der Waals surface area contributed by atoms with Crippen molar-refractivity contribution in [3.05, 3.63) is 47.4 Å². The Bertz CT molecular complexity index is 814. The molecule has 4 rings (SSSR count). The summed E-state index contributed by atoms with van der Waals surface area (Å²) >= 11 is 1.59. The molecule has 8 heteroatoms. The van der Waals surface area contributed by atoms with Crippen molar-refractivity contribution in [2.45, 2.75) is 32.2 Å². The zero-order valence-corrected chi connectivity index (χ0v) is 15.0. The Labute approximate surface area is 150 Å². The summed E-state index contributed by atoms with van der Waals surface area (Å²) in [6, 6.07) is 0. The molecular formula is C17H21N7S. The number of nitrogens with one attached hydrogen (secondary N) is 2. The van der Waals surface area contributed by atoms with Crippen LogP contribution in [0.3, 0.4) is 0 Å². The van der Waals surface area contributed by atoms with Gasteiger partial charge in [0.15, 0.2) is 10.9 Å². The van der Waals surface area contributed by atoms with E-state index in [0.717, 1.165) is 60.5 Å². The number of H-pyrrole nitrogens is 1. The lowest BCUT2D eigenvalue weighted by Crippen LogP contribution is -2.34. The Hall–Kier alpha value is -2.32. The molecule has 2 N–H and O–H groups in total. The number of aromatic amines is 1. The molecule has 1 saturated heterocycles. The molecule has 3 aromatic rings. The molecule has 0 saturated carbocycles. The quantitative estimate of drug-likeness (QED) is 0.732. The highest BCUT2D eigenvalue weighted by Crippen LogP contribution is 2.31. The first-order chi connectivity index (χ1) is 12.3. The van der Waals surface area contributed by atoms with Crippen LogP contribution in [-0.2, 0) is 6.54 Å². The molecule has 1 atom stereocenters. The Balaban J connectivity index is 1.50. The van der Waals surface area contributed by atoms with Crippen molar-refractivity contribution in [2.75, 3.05) is 18.4 Å². The van der Waals surface area contributed by atoms with E-state index in [1.165, 1.54) is 0 Å². The number of hydrogen-bond donors (Lipinski definition) is 2. The Kier molecular flexibility index (Phi) is 4.71. The molecule has 7 nitrogen and oxygen atoms in total. The van der Waals surface area contributed by atoms with Crippen LogP contribution in [0.1, 0.15) is 35.8 Å². The average Bonchev–Trinajstić information content (AvgIpc) is 3.27. The first-order valence-electron chi connectivity index (χ1n) is 8.47. The Morgan fingerprint density at radius 2 is 2.28 bits per heavy atom. The molecule has 1 unspecified atom stereocenters. The normalized spacial score (nSPS) is 18.4. The SMILES string of the molecule is Cc1csc(Nc2nccnc2C2CCCN(Cc3cnc[nH]3)C2)n1. The van der Waals surface area contributed by atoms with Gasteiger partial charge < -0.3 is 10.3 Å². The fourth-order valence-electron chi connectivity index (χ4n) is 3.29. The van der Waals surface area contributed by atoms with Gasteiger partial charge in [-0.1, -0.05) is 0 Å². The first kappa shape index (κ1) is 16.2. The molecule has 1 fully saturated rings.